The first kappa shape index (κ1) is 13.5. The zero-order chi connectivity index (χ0) is 15.0. The highest BCUT2D eigenvalue weighted by Gasteiger charge is 2.39. The SMILES string of the molecule is CC1(NC(=O)c2ccc(=O)n(-c3ccc(F)cc3)n2)CC1. The average Bonchev–Trinajstić information content (AvgIpc) is 3.17. The number of halogens is 1. The van der Waals surface area contributed by atoms with Crippen molar-refractivity contribution in [3.63, 3.8) is 0 Å². The molecule has 1 N–H and O–H groups in total. The molecule has 21 heavy (non-hydrogen) atoms. The van der Waals surface area contributed by atoms with Crippen LogP contribution in [0.1, 0.15) is 30.3 Å². The molecule has 0 atom stereocenters. The molecule has 0 bridgehead atoms. The van der Waals surface area contributed by atoms with Crippen LogP contribution in [0.5, 0.6) is 0 Å². The van der Waals surface area contributed by atoms with Crippen molar-refractivity contribution in [3.05, 3.63) is 58.3 Å². The van der Waals surface area contributed by atoms with E-state index in [1.54, 1.807) is 0 Å². The second-order valence-corrected chi connectivity index (χ2v) is 5.46. The first-order valence-corrected chi connectivity index (χ1v) is 6.66. The smallest absolute Gasteiger partial charge is 0.272 e. The van der Waals surface area contributed by atoms with Crippen molar-refractivity contribution in [1.82, 2.24) is 15.1 Å². The molecule has 108 valence electrons. The number of aromatic nitrogens is 2. The van der Waals surface area contributed by atoms with E-state index in [0.29, 0.717) is 5.69 Å². The Bertz CT molecular complexity index is 748. The number of nitrogens with zero attached hydrogens (tertiary/aromatic N) is 2. The maximum atomic E-state index is 12.9. The van der Waals surface area contributed by atoms with Crippen LogP contribution in [0.15, 0.2) is 41.2 Å². The maximum Gasteiger partial charge on any atom is 0.272 e. The predicted octanol–water partition coefficient (Wildman–Crippen LogP) is 1.65. The Morgan fingerprint density at radius 3 is 2.52 bits per heavy atom. The molecule has 1 saturated carbocycles. The Morgan fingerprint density at radius 1 is 1.24 bits per heavy atom. The molecule has 6 heteroatoms. The lowest BCUT2D eigenvalue weighted by Gasteiger charge is -2.11. The van der Waals surface area contributed by atoms with Crippen LogP contribution in [0.3, 0.4) is 0 Å². The first-order valence-electron chi connectivity index (χ1n) is 6.66. The first-order chi connectivity index (χ1) is 9.97. The lowest BCUT2D eigenvalue weighted by Crippen LogP contribution is -2.36. The molecule has 5 nitrogen and oxygen atoms in total. The Labute approximate surface area is 120 Å². The summed E-state index contributed by atoms with van der Waals surface area (Å²) < 4.78 is 14.0. The molecule has 1 fully saturated rings. The standard InChI is InChI=1S/C15H14FN3O2/c1-15(8-9-15)17-14(21)12-6-7-13(20)19(18-12)11-4-2-10(16)3-5-11/h2-7H,8-9H2,1H3,(H,17,21). The van der Waals surface area contributed by atoms with E-state index in [4.69, 9.17) is 0 Å². The number of carbonyl (C=O) groups is 1. The van der Waals surface area contributed by atoms with Crippen molar-refractivity contribution < 1.29 is 9.18 Å². The average molecular weight is 287 g/mol. The van der Waals surface area contributed by atoms with Gasteiger partial charge in [0.2, 0.25) is 0 Å². The molecule has 0 radical (unpaired) electrons. The van der Waals surface area contributed by atoms with Crippen LogP contribution >= 0.6 is 0 Å². The minimum absolute atomic E-state index is 0.157. The van der Waals surface area contributed by atoms with Crippen LogP contribution in [0.2, 0.25) is 0 Å². The molecular weight excluding hydrogens is 273 g/mol. The number of amides is 1. The molecule has 0 aliphatic heterocycles. The number of hydrogen-bond acceptors (Lipinski definition) is 3. The van der Waals surface area contributed by atoms with E-state index in [0.717, 1.165) is 17.5 Å². The van der Waals surface area contributed by atoms with Crippen LogP contribution in [0.4, 0.5) is 4.39 Å². The van der Waals surface area contributed by atoms with Crippen molar-refractivity contribution in [1.29, 1.82) is 0 Å². The fourth-order valence-corrected chi connectivity index (χ4v) is 1.95. The fourth-order valence-electron chi connectivity index (χ4n) is 1.95. The van der Waals surface area contributed by atoms with Gasteiger partial charge < -0.3 is 5.32 Å². The van der Waals surface area contributed by atoms with E-state index in [1.807, 2.05) is 6.92 Å². The summed E-state index contributed by atoms with van der Waals surface area (Å²) in [6, 6.07) is 8.02. The number of nitrogens with one attached hydrogen (secondary N) is 1. The van der Waals surface area contributed by atoms with Gasteiger partial charge in [0.05, 0.1) is 5.69 Å². The molecular formula is C15H14FN3O2. The van der Waals surface area contributed by atoms with Crippen LogP contribution in [0.25, 0.3) is 5.69 Å². The van der Waals surface area contributed by atoms with E-state index >= 15 is 0 Å². The third-order valence-corrected chi connectivity index (χ3v) is 3.52. The molecule has 0 unspecified atom stereocenters. The lowest BCUT2D eigenvalue weighted by atomic mass is 10.3. The molecule has 3 rings (SSSR count). The van der Waals surface area contributed by atoms with Gasteiger partial charge in [0, 0.05) is 11.6 Å². The second-order valence-electron chi connectivity index (χ2n) is 5.46. The second kappa shape index (κ2) is 4.80. The normalized spacial score (nSPS) is 15.5. The Balaban J connectivity index is 1.94. The summed E-state index contributed by atoms with van der Waals surface area (Å²) in [5.74, 6) is -0.715. The zero-order valence-electron chi connectivity index (χ0n) is 11.5. The minimum atomic E-state index is -0.401. The van der Waals surface area contributed by atoms with Gasteiger partial charge in [-0.15, -0.1) is 0 Å². The summed E-state index contributed by atoms with van der Waals surface area (Å²) in [7, 11) is 0. The summed E-state index contributed by atoms with van der Waals surface area (Å²) in [5.41, 5.74) is 0.0341. The van der Waals surface area contributed by atoms with Crippen LogP contribution in [-0.4, -0.2) is 21.2 Å². The quantitative estimate of drug-likeness (QED) is 0.933. The third kappa shape index (κ3) is 2.84. The van der Waals surface area contributed by atoms with Gasteiger partial charge in [-0.2, -0.15) is 9.78 Å². The molecule has 1 aromatic heterocycles. The number of rotatable bonds is 3. The Hall–Kier alpha value is -2.50. The molecule has 1 amide bonds. The molecule has 1 aliphatic carbocycles. The van der Waals surface area contributed by atoms with Crippen LogP contribution in [-0.2, 0) is 0 Å². The van der Waals surface area contributed by atoms with Gasteiger partial charge in [-0.1, -0.05) is 0 Å². The Morgan fingerprint density at radius 2 is 1.90 bits per heavy atom. The van der Waals surface area contributed by atoms with Gasteiger partial charge in [-0.3, -0.25) is 9.59 Å². The zero-order valence-corrected chi connectivity index (χ0v) is 11.5. The highest BCUT2D eigenvalue weighted by molar-refractivity contribution is 5.92. The Kier molecular flexibility index (Phi) is 3.08. The monoisotopic (exact) mass is 287 g/mol. The number of hydrogen-bond donors (Lipinski definition) is 1. The number of benzene rings is 1. The van der Waals surface area contributed by atoms with Crippen molar-refractivity contribution in [2.45, 2.75) is 25.3 Å². The van der Waals surface area contributed by atoms with Crippen molar-refractivity contribution >= 4 is 5.91 Å². The highest BCUT2D eigenvalue weighted by atomic mass is 19.1. The number of carbonyl (C=O) groups excluding carboxylic acids is 1. The minimum Gasteiger partial charge on any atom is -0.345 e. The molecule has 1 aliphatic rings. The van der Waals surface area contributed by atoms with E-state index in [2.05, 4.69) is 10.4 Å². The summed E-state index contributed by atoms with van der Waals surface area (Å²) in [6.45, 7) is 1.96. The van der Waals surface area contributed by atoms with E-state index < -0.39 is 5.82 Å². The summed E-state index contributed by atoms with van der Waals surface area (Å²) in [4.78, 5) is 24.0. The van der Waals surface area contributed by atoms with Gasteiger partial charge >= 0.3 is 0 Å². The maximum absolute atomic E-state index is 12.9. The van der Waals surface area contributed by atoms with Gasteiger partial charge in [-0.25, -0.2) is 4.39 Å². The van der Waals surface area contributed by atoms with Crippen molar-refractivity contribution in [3.8, 4) is 5.69 Å². The predicted molar refractivity (Wildman–Crippen MR) is 74.9 cm³/mol. The van der Waals surface area contributed by atoms with Crippen LogP contribution in [0, 0.1) is 5.82 Å². The van der Waals surface area contributed by atoms with Gasteiger partial charge in [-0.05, 0) is 50.1 Å². The van der Waals surface area contributed by atoms with Crippen LogP contribution < -0.4 is 10.9 Å². The molecule has 1 heterocycles. The fraction of sp³-hybridized carbons (Fsp3) is 0.267. The van der Waals surface area contributed by atoms with Gasteiger partial charge in [0.1, 0.15) is 11.5 Å². The topological polar surface area (TPSA) is 64.0 Å². The van der Waals surface area contributed by atoms with Gasteiger partial charge in [0.15, 0.2) is 0 Å². The molecule has 2 aromatic rings. The van der Waals surface area contributed by atoms with Gasteiger partial charge in [0.25, 0.3) is 11.5 Å². The van der Waals surface area contributed by atoms with E-state index in [9.17, 15) is 14.0 Å². The molecule has 0 saturated heterocycles. The van der Waals surface area contributed by atoms with E-state index in [1.165, 1.54) is 36.4 Å². The summed E-state index contributed by atoms with van der Waals surface area (Å²) in [5, 5.41) is 6.93. The van der Waals surface area contributed by atoms with E-state index in [-0.39, 0.29) is 22.7 Å². The third-order valence-electron chi connectivity index (χ3n) is 3.52. The highest BCUT2D eigenvalue weighted by Crippen LogP contribution is 2.34. The lowest BCUT2D eigenvalue weighted by molar-refractivity contribution is 0.0928. The summed E-state index contributed by atoms with van der Waals surface area (Å²) in [6.07, 6.45) is 1.88. The molecule has 1 aromatic carbocycles. The molecule has 0 spiro atoms. The summed E-state index contributed by atoms with van der Waals surface area (Å²) >= 11 is 0. The largest absolute Gasteiger partial charge is 0.345 e. The van der Waals surface area contributed by atoms with Crippen molar-refractivity contribution in [2.24, 2.45) is 0 Å². The van der Waals surface area contributed by atoms with Crippen molar-refractivity contribution in [2.75, 3.05) is 0 Å².